The van der Waals surface area contributed by atoms with Gasteiger partial charge in [0.25, 0.3) is 10.1 Å². The predicted molar refractivity (Wildman–Crippen MR) is 105 cm³/mol. The molecule has 0 fully saturated rings. The second-order valence-corrected chi connectivity index (χ2v) is 6.50. The number of aliphatic hydroxyl groups is 1. The van der Waals surface area contributed by atoms with Crippen LogP contribution in [0.1, 0.15) is 0 Å². The first kappa shape index (κ1) is 32.3. The Kier molecular flexibility index (Phi) is 33.2. The molecule has 0 atom stereocenters. The van der Waals surface area contributed by atoms with Crippen LogP contribution in [0.2, 0.25) is 0 Å². The Bertz CT molecular complexity index is 333. The molecule has 0 rings (SSSR count). The van der Waals surface area contributed by atoms with Gasteiger partial charge >= 0.3 is 0 Å². The van der Waals surface area contributed by atoms with Gasteiger partial charge < -0.3 is 39.3 Å². The van der Waals surface area contributed by atoms with Gasteiger partial charge in [0, 0.05) is 27.9 Å². The molecule has 3 N–H and O–H groups in total. The van der Waals surface area contributed by atoms with Crippen molar-refractivity contribution in [1.82, 2.24) is 0 Å². The van der Waals surface area contributed by atoms with E-state index in [0.717, 1.165) is 6.26 Å². The maximum absolute atomic E-state index is 10.4. The van der Waals surface area contributed by atoms with Crippen molar-refractivity contribution in [2.75, 3.05) is 107 Å². The summed E-state index contributed by atoms with van der Waals surface area (Å²) in [6.45, 7) is 5.44. The van der Waals surface area contributed by atoms with Gasteiger partial charge in [0.15, 0.2) is 0 Å². The molecule has 12 heteroatoms. The number of nitrogens with two attached hydrogens (primary N) is 1. The third-order valence-electron chi connectivity index (χ3n) is 2.32. The predicted octanol–water partition coefficient (Wildman–Crippen LogP) is -1.12. The minimum Gasteiger partial charge on any atom is -0.394 e. The fourth-order valence-corrected chi connectivity index (χ4v) is 1.50. The molecule has 0 unspecified atom stereocenters. The van der Waals surface area contributed by atoms with Crippen molar-refractivity contribution in [3.05, 3.63) is 0 Å². The van der Waals surface area contributed by atoms with Crippen molar-refractivity contribution in [3.8, 4) is 0 Å². The molecule has 0 aromatic carbocycles. The Hall–Kier alpha value is -0.410. The van der Waals surface area contributed by atoms with Crippen LogP contribution in [0.15, 0.2) is 0 Å². The quantitative estimate of drug-likeness (QED) is 0.211. The minimum atomic E-state index is -3.33. The monoisotopic (exact) mass is 437 g/mol. The molecule has 11 nitrogen and oxygen atoms in total. The minimum absolute atomic E-state index is 0.0581. The summed E-state index contributed by atoms with van der Waals surface area (Å²) in [5.74, 6) is 0. The lowest BCUT2D eigenvalue weighted by Crippen LogP contribution is -2.11. The lowest BCUT2D eigenvalue weighted by Gasteiger charge is -2.02. The van der Waals surface area contributed by atoms with Gasteiger partial charge in [-0.25, -0.2) is 0 Å². The second-order valence-electron chi connectivity index (χ2n) is 4.85. The number of methoxy groups -OCH3 is 3. The highest BCUT2D eigenvalue weighted by Gasteiger charge is 1.99. The van der Waals surface area contributed by atoms with Crippen LogP contribution >= 0.6 is 0 Å². The highest BCUT2D eigenvalue weighted by atomic mass is 32.2. The van der Waals surface area contributed by atoms with E-state index in [1.165, 1.54) is 0 Å². The third kappa shape index (κ3) is 44.8. The van der Waals surface area contributed by atoms with Crippen LogP contribution in [0.3, 0.4) is 0 Å². The Balaban J connectivity index is -0.000000347. The highest BCUT2D eigenvalue weighted by molar-refractivity contribution is 7.85. The Morgan fingerprint density at radius 1 is 0.679 bits per heavy atom. The van der Waals surface area contributed by atoms with Gasteiger partial charge in [0.2, 0.25) is 0 Å². The molecule has 0 bridgehead atoms. The summed E-state index contributed by atoms with van der Waals surface area (Å²) < 4.78 is 54.1. The van der Waals surface area contributed by atoms with Crippen molar-refractivity contribution < 1.29 is 46.1 Å². The maximum atomic E-state index is 10.4. The van der Waals surface area contributed by atoms with E-state index in [1.807, 2.05) is 0 Å². The fourth-order valence-electron chi connectivity index (χ4n) is 1.13. The van der Waals surface area contributed by atoms with Crippen molar-refractivity contribution in [3.63, 3.8) is 0 Å². The number of hydrogen-bond donors (Lipinski definition) is 2. The summed E-state index contributed by atoms with van der Waals surface area (Å²) >= 11 is 0. The Morgan fingerprint density at radius 3 is 1.43 bits per heavy atom. The smallest absolute Gasteiger partial charge is 0.264 e. The number of hydrogen-bond acceptors (Lipinski definition) is 11. The van der Waals surface area contributed by atoms with Crippen LogP contribution in [0, 0.1) is 0 Å². The van der Waals surface area contributed by atoms with Crippen LogP contribution in [-0.4, -0.2) is 120 Å². The van der Waals surface area contributed by atoms with E-state index in [1.54, 1.807) is 21.3 Å². The lowest BCUT2D eigenvalue weighted by molar-refractivity contribution is 0.0500. The zero-order valence-corrected chi connectivity index (χ0v) is 18.4. The zero-order valence-electron chi connectivity index (χ0n) is 17.6. The molecule has 0 saturated carbocycles. The topological polar surface area (TPSA) is 145 Å². The standard InChI is InChI=1S/C6H14O5S.C5H13NO2.C5H12O3/c1-9-3-4-10-5-6-11-12(2,7)8;2*1-7-4-5-8-3-2-6/h3-6H2,1-2H3;2-6H2,1H3;6H,2-5H2,1H3. The normalized spacial score (nSPS) is 10.6. The van der Waals surface area contributed by atoms with Crippen LogP contribution in [0.25, 0.3) is 0 Å². The van der Waals surface area contributed by atoms with E-state index < -0.39 is 10.1 Å². The molecule has 0 heterocycles. The van der Waals surface area contributed by atoms with E-state index in [4.69, 9.17) is 34.5 Å². The van der Waals surface area contributed by atoms with Crippen molar-refractivity contribution in [2.45, 2.75) is 0 Å². The van der Waals surface area contributed by atoms with Crippen molar-refractivity contribution >= 4 is 10.1 Å². The highest BCUT2D eigenvalue weighted by Crippen LogP contribution is 1.86. The molecule has 28 heavy (non-hydrogen) atoms. The summed E-state index contributed by atoms with van der Waals surface area (Å²) in [6.07, 6.45) is 1.00. The average Bonchev–Trinajstić information content (AvgIpc) is 2.66. The van der Waals surface area contributed by atoms with Gasteiger partial charge in [-0.15, -0.1) is 0 Å². The molecule has 0 aromatic rings. The molecule has 0 radical (unpaired) electrons. The number of rotatable bonds is 17. The summed E-state index contributed by atoms with van der Waals surface area (Å²) in [5, 5.41) is 8.20. The molecule has 174 valence electrons. The zero-order chi connectivity index (χ0) is 21.9. The van der Waals surface area contributed by atoms with E-state index in [2.05, 4.69) is 8.92 Å². The Labute approximate surface area is 169 Å². The van der Waals surface area contributed by atoms with Gasteiger partial charge in [-0.05, 0) is 0 Å². The average molecular weight is 438 g/mol. The van der Waals surface area contributed by atoms with Crippen LogP contribution in [-0.2, 0) is 42.7 Å². The first-order valence-corrected chi connectivity index (χ1v) is 10.6. The summed E-state index contributed by atoms with van der Waals surface area (Å²) in [6, 6.07) is 0. The summed E-state index contributed by atoms with van der Waals surface area (Å²) in [7, 11) is 1.50. The van der Waals surface area contributed by atoms with E-state index >= 15 is 0 Å². The number of aliphatic hydroxyl groups excluding tert-OH is 1. The summed E-state index contributed by atoms with van der Waals surface area (Å²) in [5.41, 5.74) is 5.14. The molecule has 0 spiro atoms. The molecule has 0 saturated heterocycles. The maximum Gasteiger partial charge on any atom is 0.264 e. The van der Waals surface area contributed by atoms with Gasteiger partial charge in [-0.1, -0.05) is 0 Å². The molecule has 0 amide bonds. The first-order chi connectivity index (χ1) is 13.4. The van der Waals surface area contributed by atoms with E-state index in [0.29, 0.717) is 59.4 Å². The first-order valence-electron chi connectivity index (χ1n) is 8.74. The lowest BCUT2D eigenvalue weighted by atomic mass is 10.7. The fraction of sp³-hybridized carbons (Fsp3) is 1.00. The van der Waals surface area contributed by atoms with Gasteiger partial charge in [-0.2, -0.15) is 8.42 Å². The molecular weight excluding hydrogens is 398 g/mol. The number of ether oxygens (including phenoxy) is 6. The molecule has 0 aliphatic rings. The SMILES string of the molecule is COCCOCCN.COCCOCCO.COCCOCCOS(C)(=O)=O. The Morgan fingerprint density at radius 2 is 1.07 bits per heavy atom. The molecule has 0 aromatic heterocycles. The largest absolute Gasteiger partial charge is 0.394 e. The molecule has 0 aliphatic heterocycles. The second kappa shape index (κ2) is 28.8. The molecule has 0 aliphatic carbocycles. The van der Waals surface area contributed by atoms with Gasteiger partial charge in [0.05, 0.1) is 78.9 Å². The van der Waals surface area contributed by atoms with Crippen LogP contribution in [0.5, 0.6) is 0 Å². The van der Waals surface area contributed by atoms with E-state index in [9.17, 15) is 8.42 Å². The third-order valence-corrected chi connectivity index (χ3v) is 2.91. The summed E-state index contributed by atoms with van der Waals surface area (Å²) in [4.78, 5) is 0. The van der Waals surface area contributed by atoms with Crippen molar-refractivity contribution in [2.24, 2.45) is 5.73 Å². The molecular formula is C16H39NO10S. The van der Waals surface area contributed by atoms with Crippen molar-refractivity contribution in [1.29, 1.82) is 0 Å². The van der Waals surface area contributed by atoms with Crippen LogP contribution in [0.4, 0.5) is 0 Å². The van der Waals surface area contributed by atoms with E-state index in [-0.39, 0.29) is 19.8 Å². The van der Waals surface area contributed by atoms with Gasteiger partial charge in [0.1, 0.15) is 0 Å². The van der Waals surface area contributed by atoms with Crippen LogP contribution < -0.4 is 5.73 Å². The van der Waals surface area contributed by atoms with Gasteiger partial charge in [-0.3, -0.25) is 4.18 Å².